The molecule has 0 spiro atoms. The first-order valence-electron chi connectivity index (χ1n) is 8.87. The Morgan fingerprint density at radius 2 is 1.74 bits per heavy atom. The van der Waals surface area contributed by atoms with Crippen LogP contribution in [0.2, 0.25) is 5.02 Å². The Bertz CT molecular complexity index is 1330. The van der Waals surface area contributed by atoms with E-state index in [4.69, 9.17) is 16.7 Å². The Morgan fingerprint density at radius 1 is 1.03 bits per heavy atom. The second-order valence-electron chi connectivity index (χ2n) is 6.65. The molecule has 0 aliphatic heterocycles. The molecule has 0 unspecified atom stereocenters. The number of halogens is 4. The largest absolute Gasteiger partial charge is 0.478 e. The summed E-state index contributed by atoms with van der Waals surface area (Å²) in [5, 5.41) is 9.10. The summed E-state index contributed by atoms with van der Waals surface area (Å²) < 4.78 is 42.1. The molecule has 31 heavy (non-hydrogen) atoms. The summed E-state index contributed by atoms with van der Waals surface area (Å²) in [6.07, 6.45) is -0.503. The van der Waals surface area contributed by atoms with E-state index in [9.17, 15) is 22.8 Å². The molecular formula is C22H12ClF3N2O3. The van der Waals surface area contributed by atoms with Gasteiger partial charge in [0.15, 0.2) is 5.78 Å². The predicted molar refractivity (Wildman–Crippen MR) is 108 cm³/mol. The van der Waals surface area contributed by atoms with Crippen molar-refractivity contribution < 1.29 is 27.9 Å². The maximum absolute atomic E-state index is 13.5. The van der Waals surface area contributed by atoms with Crippen molar-refractivity contribution in [3.8, 4) is 5.69 Å². The molecule has 5 nitrogen and oxygen atoms in total. The highest BCUT2D eigenvalue weighted by Gasteiger charge is 2.37. The van der Waals surface area contributed by atoms with Crippen molar-refractivity contribution in [2.45, 2.75) is 6.18 Å². The van der Waals surface area contributed by atoms with Gasteiger partial charge in [-0.1, -0.05) is 17.7 Å². The third-order valence-electron chi connectivity index (χ3n) is 4.79. The van der Waals surface area contributed by atoms with E-state index >= 15 is 0 Å². The van der Waals surface area contributed by atoms with Gasteiger partial charge in [-0.25, -0.2) is 4.79 Å². The molecule has 0 bridgehead atoms. The highest BCUT2D eigenvalue weighted by atomic mass is 35.5. The van der Waals surface area contributed by atoms with Crippen molar-refractivity contribution in [3.05, 3.63) is 94.4 Å². The molecule has 0 amide bonds. The summed E-state index contributed by atoms with van der Waals surface area (Å²) in [5.41, 5.74) is -0.660. The summed E-state index contributed by atoms with van der Waals surface area (Å²) in [4.78, 5) is 28.3. The van der Waals surface area contributed by atoms with E-state index in [1.54, 1.807) is 10.6 Å². The molecular weight excluding hydrogens is 433 g/mol. The molecule has 2 heterocycles. The number of ketones is 1. The van der Waals surface area contributed by atoms with Gasteiger partial charge in [-0.05, 0) is 42.5 Å². The van der Waals surface area contributed by atoms with Gasteiger partial charge in [-0.2, -0.15) is 13.2 Å². The smallest absolute Gasteiger partial charge is 0.417 e. The molecule has 0 fully saturated rings. The third kappa shape index (κ3) is 3.66. The number of benzene rings is 2. The van der Waals surface area contributed by atoms with Crippen LogP contribution in [-0.2, 0) is 6.18 Å². The molecule has 0 atom stereocenters. The predicted octanol–water partition coefficient (Wildman–Crippen LogP) is 5.63. The zero-order valence-corrected chi connectivity index (χ0v) is 16.3. The van der Waals surface area contributed by atoms with Gasteiger partial charge < -0.3 is 9.67 Å². The number of alkyl halides is 3. The van der Waals surface area contributed by atoms with Crippen LogP contribution in [0.5, 0.6) is 0 Å². The number of pyridine rings is 1. The number of carbonyl (C=O) groups is 2. The molecule has 2 aromatic carbocycles. The number of hydrogen-bond donors (Lipinski definition) is 1. The number of carboxylic acid groups (broad SMARTS) is 1. The standard InChI is InChI=1S/C22H12ClF3N2O3/c23-17-3-1-2-16(22(24,25)26)19(17)20(29)15-11-28(18-8-9-27-10-14(15)18)13-6-4-12(5-7-13)21(30)31/h1-11H,(H,30,31). The quantitative estimate of drug-likeness (QED) is 0.414. The van der Waals surface area contributed by atoms with Crippen LogP contribution in [0.1, 0.15) is 31.8 Å². The van der Waals surface area contributed by atoms with Crippen molar-refractivity contribution in [1.29, 1.82) is 0 Å². The van der Waals surface area contributed by atoms with Crippen LogP contribution in [0, 0.1) is 0 Å². The van der Waals surface area contributed by atoms with Crippen LogP contribution in [0.25, 0.3) is 16.6 Å². The minimum atomic E-state index is -4.76. The van der Waals surface area contributed by atoms with Crippen LogP contribution < -0.4 is 0 Å². The Morgan fingerprint density at radius 3 is 2.39 bits per heavy atom. The number of rotatable bonds is 4. The number of hydrogen-bond acceptors (Lipinski definition) is 3. The van der Waals surface area contributed by atoms with Gasteiger partial charge in [0.05, 0.1) is 32.8 Å². The maximum Gasteiger partial charge on any atom is 0.417 e. The highest BCUT2D eigenvalue weighted by Crippen LogP contribution is 2.37. The molecule has 0 aliphatic rings. The molecule has 156 valence electrons. The fourth-order valence-electron chi connectivity index (χ4n) is 3.36. The van der Waals surface area contributed by atoms with E-state index in [-0.39, 0.29) is 16.1 Å². The lowest BCUT2D eigenvalue weighted by Crippen LogP contribution is -2.14. The van der Waals surface area contributed by atoms with Gasteiger partial charge in [0.2, 0.25) is 0 Å². The van der Waals surface area contributed by atoms with E-state index in [2.05, 4.69) is 4.98 Å². The SMILES string of the molecule is O=C(O)c1ccc(-n2cc(C(=O)c3c(Cl)cccc3C(F)(F)F)c3cnccc32)cc1. The molecule has 0 saturated carbocycles. The number of carboxylic acids is 1. The average Bonchev–Trinajstić information content (AvgIpc) is 3.12. The number of carbonyl (C=O) groups excluding carboxylic acids is 1. The molecule has 0 aliphatic carbocycles. The number of aromatic nitrogens is 2. The Balaban J connectivity index is 1.91. The molecule has 1 N–H and O–H groups in total. The summed E-state index contributed by atoms with van der Waals surface area (Å²) >= 11 is 6.00. The number of aromatic carboxylic acids is 1. The van der Waals surface area contributed by atoms with Crippen LogP contribution >= 0.6 is 11.6 Å². The normalized spacial score (nSPS) is 11.6. The van der Waals surface area contributed by atoms with Crippen molar-refractivity contribution in [1.82, 2.24) is 9.55 Å². The van der Waals surface area contributed by atoms with Gasteiger partial charge in [-0.3, -0.25) is 9.78 Å². The zero-order chi connectivity index (χ0) is 22.3. The Hall–Kier alpha value is -3.65. The van der Waals surface area contributed by atoms with Crippen LogP contribution in [0.4, 0.5) is 13.2 Å². The topological polar surface area (TPSA) is 72.2 Å². The van der Waals surface area contributed by atoms with E-state index < -0.39 is 29.1 Å². The molecule has 0 radical (unpaired) electrons. The second-order valence-corrected chi connectivity index (χ2v) is 7.05. The van der Waals surface area contributed by atoms with E-state index in [0.717, 1.165) is 12.1 Å². The first kappa shape index (κ1) is 20.6. The minimum absolute atomic E-state index is 0.0102. The third-order valence-corrected chi connectivity index (χ3v) is 5.10. The fourth-order valence-corrected chi connectivity index (χ4v) is 3.62. The fraction of sp³-hybridized carbons (Fsp3) is 0.0455. The first-order chi connectivity index (χ1) is 14.7. The minimum Gasteiger partial charge on any atom is -0.478 e. The summed E-state index contributed by atoms with van der Waals surface area (Å²) in [5.74, 6) is -1.99. The molecule has 2 aromatic heterocycles. The van der Waals surface area contributed by atoms with Crippen LogP contribution in [0.3, 0.4) is 0 Å². The Labute approximate surface area is 178 Å². The van der Waals surface area contributed by atoms with Crippen molar-refractivity contribution in [2.24, 2.45) is 0 Å². The van der Waals surface area contributed by atoms with Gasteiger partial charge in [-0.15, -0.1) is 0 Å². The molecule has 4 aromatic rings. The zero-order valence-electron chi connectivity index (χ0n) is 15.5. The summed E-state index contributed by atoms with van der Waals surface area (Å²) in [6.45, 7) is 0. The van der Waals surface area contributed by atoms with E-state index in [1.807, 2.05) is 0 Å². The van der Waals surface area contributed by atoms with Gasteiger partial charge in [0, 0.05) is 29.7 Å². The lowest BCUT2D eigenvalue weighted by atomic mass is 9.98. The van der Waals surface area contributed by atoms with Gasteiger partial charge >= 0.3 is 12.1 Å². The monoisotopic (exact) mass is 444 g/mol. The van der Waals surface area contributed by atoms with Gasteiger partial charge in [0.25, 0.3) is 0 Å². The lowest BCUT2D eigenvalue weighted by molar-refractivity contribution is -0.137. The van der Waals surface area contributed by atoms with E-state index in [1.165, 1.54) is 48.9 Å². The van der Waals surface area contributed by atoms with Crippen molar-refractivity contribution in [2.75, 3.05) is 0 Å². The molecule has 0 saturated heterocycles. The maximum atomic E-state index is 13.5. The number of fused-ring (bicyclic) bond motifs is 1. The first-order valence-corrected chi connectivity index (χ1v) is 9.25. The van der Waals surface area contributed by atoms with Crippen LogP contribution in [0.15, 0.2) is 67.1 Å². The molecule has 4 rings (SSSR count). The average molecular weight is 445 g/mol. The lowest BCUT2D eigenvalue weighted by Gasteiger charge is -2.13. The van der Waals surface area contributed by atoms with E-state index in [0.29, 0.717) is 16.6 Å². The summed E-state index contributed by atoms with van der Waals surface area (Å²) in [6, 6.07) is 10.6. The second kappa shape index (κ2) is 7.55. The highest BCUT2D eigenvalue weighted by molar-refractivity contribution is 6.36. The van der Waals surface area contributed by atoms with Gasteiger partial charge in [0.1, 0.15) is 0 Å². The van der Waals surface area contributed by atoms with Crippen molar-refractivity contribution in [3.63, 3.8) is 0 Å². The summed E-state index contributed by atoms with van der Waals surface area (Å²) in [7, 11) is 0. The van der Waals surface area contributed by atoms with Crippen LogP contribution in [-0.4, -0.2) is 26.4 Å². The number of nitrogens with zero attached hydrogens (tertiary/aromatic N) is 2. The Kier molecular flexibility index (Phi) is 5.02. The van der Waals surface area contributed by atoms with Crippen molar-refractivity contribution >= 4 is 34.3 Å². The molecule has 9 heteroatoms.